The van der Waals surface area contributed by atoms with E-state index in [0.29, 0.717) is 36.6 Å². The summed E-state index contributed by atoms with van der Waals surface area (Å²) in [5.74, 6) is -2.23. The van der Waals surface area contributed by atoms with Crippen LogP contribution in [0.4, 0.5) is 4.79 Å². The zero-order valence-corrected chi connectivity index (χ0v) is 37.1. The molecule has 1 amide bonds. The summed E-state index contributed by atoms with van der Waals surface area (Å²) in [6.45, 7) is 15.0. The number of amides is 1. The van der Waals surface area contributed by atoms with Crippen molar-refractivity contribution in [2.24, 2.45) is 16.7 Å². The highest BCUT2D eigenvalue weighted by molar-refractivity contribution is 5.78. The molecule has 15 nitrogen and oxygen atoms in total. The Morgan fingerprint density at radius 1 is 1.02 bits per heavy atom. The number of aliphatic hydroxyl groups is 2. The second kappa shape index (κ2) is 16.5. The van der Waals surface area contributed by atoms with Crippen LogP contribution in [0.2, 0.25) is 0 Å². The van der Waals surface area contributed by atoms with Gasteiger partial charge in [0.2, 0.25) is 0 Å². The quantitative estimate of drug-likeness (QED) is 0.127. The van der Waals surface area contributed by atoms with Gasteiger partial charge in [-0.15, -0.1) is 0 Å². The number of carbonyl (C=O) groups excluding carboxylic acids is 3. The van der Waals surface area contributed by atoms with E-state index in [2.05, 4.69) is 22.5 Å². The number of hydrogen-bond donors (Lipinski definition) is 4. The summed E-state index contributed by atoms with van der Waals surface area (Å²) in [6, 6.07) is 13.6. The molecule has 0 spiro atoms. The van der Waals surface area contributed by atoms with Crippen LogP contribution in [0.3, 0.4) is 0 Å². The number of nitrogens with zero attached hydrogens (tertiary/aromatic N) is 1. The second-order valence-corrected chi connectivity index (χ2v) is 19.9. The second-order valence-electron chi connectivity index (χ2n) is 19.9. The molecule has 5 fully saturated rings. The first-order valence-electron chi connectivity index (χ1n) is 22.0. The van der Waals surface area contributed by atoms with E-state index in [1.807, 2.05) is 51.1 Å². The number of hydrogen-bond acceptors (Lipinski definition) is 14. The number of carbonyl (C=O) groups is 3. The highest BCUT2D eigenvalue weighted by atomic mass is 16.7. The molecule has 2 saturated heterocycles. The molecule has 3 saturated carbocycles. The average Bonchev–Trinajstić information content (AvgIpc) is 3.94. The lowest BCUT2D eigenvalue weighted by molar-refractivity contribution is -0.352. The molecule has 12 atom stereocenters. The first kappa shape index (κ1) is 44.6. The van der Waals surface area contributed by atoms with Gasteiger partial charge in [0.15, 0.2) is 18.0 Å². The molecular formula is C47H63N3O12. The maximum Gasteiger partial charge on any atom is 0.408 e. The van der Waals surface area contributed by atoms with Gasteiger partial charge in [0.05, 0.1) is 31.1 Å². The fraction of sp³-hybridized carbons (Fsp3) is 0.660. The lowest BCUT2D eigenvalue weighted by Crippen LogP contribution is -2.79. The van der Waals surface area contributed by atoms with Gasteiger partial charge in [-0.05, 0) is 82.2 Å². The lowest BCUT2D eigenvalue weighted by atomic mass is 9.45. The van der Waals surface area contributed by atoms with Gasteiger partial charge in [-0.3, -0.25) is 9.78 Å². The van der Waals surface area contributed by atoms with Gasteiger partial charge in [-0.1, -0.05) is 57.2 Å². The van der Waals surface area contributed by atoms with Crippen molar-refractivity contribution in [3.8, 4) is 0 Å². The molecule has 62 heavy (non-hydrogen) atoms. The molecule has 4 aliphatic carbocycles. The van der Waals surface area contributed by atoms with Crippen molar-refractivity contribution in [1.29, 1.82) is 0 Å². The van der Waals surface area contributed by atoms with Crippen LogP contribution in [-0.4, -0.2) is 112 Å². The predicted octanol–water partition coefficient (Wildman–Crippen LogP) is 4.98. The number of ether oxygens (including phenoxy) is 7. The van der Waals surface area contributed by atoms with Crippen molar-refractivity contribution >= 4 is 18.0 Å². The molecule has 2 aliphatic heterocycles. The van der Waals surface area contributed by atoms with E-state index in [4.69, 9.17) is 33.2 Å². The monoisotopic (exact) mass is 861 g/mol. The fourth-order valence-corrected chi connectivity index (χ4v) is 11.1. The number of alkyl carbamates (subject to hydrolysis) is 1. The van der Waals surface area contributed by atoms with Crippen molar-refractivity contribution in [2.75, 3.05) is 13.2 Å². The molecule has 1 aromatic heterocycles. The van der Waals surface area contributed by atoms with Crippen molar-refractivity contribution < 1.29 is 57.8 Å². The summed E-state index contributed by atoms with van der Waals surface area (Å²) in [6.07, 6.45) is -2.76. The van der Waals surface area contributed by atoms with Crippen molar-refractivity contribution in [2.45, 2.75) is 166 Å². The minimum absolute atomic E-state index is 0.0933. The summed E-state index contributed by atoms with van der Waals surface area (Å²) < 4.78 is 45.6. The first-order valence-corrected chi connectivity index (χ1v) is 22.0. The van der Waals surface area contributed by atoms with E-state index < -0.39 is 101 Å². The van der Waals surface area contributed by atoms with Crippen LogP contribution >= 0.6 is 0 Å². The van der Waals surface area contributed by atoms with Gasteiger partial charge < -0.3 is 54.0 Å². The van der Waals surface area contributed by atoms with Gasteiger partial charge in [0.1, 0.15) is 35.6 Å². The molecule has 2 bridgehead atoms. The van der Waals surface area contributed by atoms with Gasteiger partial charge in [0.25, 0.3) is 0 Å². The van der Waals surface area contributed by atoms with Crippen molar-refractivity contribution in [1.82, 2.24) is 15.6 Å². The van der Waals surface area contributed by atoms with E-state index in [9.17, 15) is 24.6 Å². The van der Waals surface area contributed by atoms with E-state index >= 15 is 0 Å². The predicted molar refractivity (Wildman–Crippen MR) is 223 cm³/mol. The minimum atomic E-state index is -1.94. The normalized spacial score (nSPS) is 35.7. The van der Waals surface area contributed by atoms with Crippen molar-refractivity contribution in [3.05, 3.63) is 77.1 Å². The Morgan fingerprint density at radius 2 is 1.74 bits per heavy atom. The lowest BCUT2D eigenvalue weighted by Gasteiger charge is -2.68. The van der Waals surface area contributed by atoms with Crippen LogP contribution in [0, 0.1) is 16.7 Å². The number of esters is 2. The van der Waals surface area contributed by atoms with Crippen LogP contribution in [0.5, 0.6) is 0 Å². The zero-order chi connectivity index (χ0) is 44.4. The van der Waals surface area contributed by atoms with Crippen LogP contribution in [-0.2, 0) is 49.4 Å². The van der Waals surface area contributed by atoms with Gasteiger partial charge in [-0.2, -0.15) is 0 Å². The van der Waals surface area contributed by atoms with E-state index in [-0.39, 0.29) is 25.3 Å². The van der Waals surface area contributed by atoms with E-state index in [0.717, 1.165) is 18.4 Å². The largest absolute Gasteiger partial charge is 0.456 e. The van der Waals surface area contributed by atoms with Gasteiger partial charge >= 0.3 is 18.0 Å². The minimum Gasteiger partial charge on any atom is -0.456 e. The molecular weight excluding hydrogens is 799 g/mol. The SMILES string of the molecule is CC(=O)O[C@@]12CO[C@@H]1CC[C@@]1(C)[C@@H]3O[C@H](CNC4CC4)O[C@@H]3C3=C(C)[C@@H](OC(=O)[C@H](O)[C@@H](NC(=O)OC(C)(C)C)c4ccccn4)C[C@@](O)([C@@H](OCc4ccccc4)[C@@H]12)C3(C)C. The molecule has 3 heterocycles. The topological polar surface area (TPSA) is 193 Å². The third-order valence-corrected chi connectivity index (χ3v) is 14.2. The number of aromatic nitrogens is 1. The third-order valence-electron chi connectivity index (χ3n) is 14.2. The highest BCUT2D eigenvalue weighted by Crippen LogP contribution is 2.66. The Kier molecular flexibility index (Phi) is 11.9. The Hall–Kier alpha value is -3.96. The smallest absolute Gasteiger partial charge is 0.408 e. The van der Waals surface area contributed by atoms with Crippen LogP contribution in [0.1, 0.15) is 105 Å². The Morgan fingerprint density at radius 3 is 2.37 bits per heavy atom. The van der Waals surface area contributed by atoms with E-state index in [1.54, 1.807) is 39.0 Å². The summed E-state index contributed by atoms with van der Waals surface area (Å²) in [5.41, 5.74) is -3.37. The van der Waals surface area contributed by atoms with Crippen LogP contribution < -0.4 is 10.6 Å². The fourth-order valence-electron chi connectivity index (χ4n) is 11.1. The van der Waals surface area contributed by atoms with Gasteiger partial charge in [0, 0.05) is 48.9 Å². The number of rotatable bonds is 12. The molecule has 0 unspecified atom stereocenters. The Labute approximate surface area is 363 Å². The summed E-state index contributed by atoms with van der Waals surface area (Å²) in [4.78, 5) is 45.0. The number of aliphatic hydroxyl groups excluding tert-OH is 1. The Balaban J connectivity index is 1.24. The van der Waals surface area contributed by atoms with Crippen molar-refractivity contribution in [3.63, 3.8) is 0 Å². The number of nitrogens with one attached hydrogen (secondary N) is 2. The maximum absolute atomic E-state index is 14.4. The standard InChI is InChI=1S/C47H63N3O12/c1-26-31(58-41(53)36(52)35(30-16-12-13-21-48-30)50-42(54)62-43(3,4)5)22-47(55)40(56-24-28-14-10-9-11-15-28)38-45(8,20-19-32-46(38,25-57-32)61-27(2)51)39-37(34(26)44(47,6)7)59-33(60-39)23-49-29-17-18-29/h9-16,21,29,31-33,35-40,49,52,55H,17-20,22-25H2,1-8H3,(H,50,54)/t31-,32+,33+,35-,36+,37+,38-,39+,40-,45+,46-,47+/m0/s1. The number of benzene rings is 1. The highest BCUT2D eigenvalue weighted by Gasteiger charge is 2.76. The number of fused-ring (bicyclic) bond motifs is 8. The molecule has 1 aromatic carbocycles. The van der Waals surface area contributed by atoms with Crippen LogP contribution in [0.15, 0.2) is 65.9 Å². The summed E-state index contributed by atoms with van der Waals surface area (Å²) in [7, 11) is 0. The zero-order valence-electron chi connectivity index (χ0n) is 37.1. The molecule has 0 radical (unpaired) electrons. The molecule has 6 aliphatic rings. The first-order chi connectivity index (χ1) is 29.3. The molecule has 8 rings (SSSR count). The Bertz CT molecular complexity index is 2020. The maximum atomic E-state index is 14.4. The van der Waals surface area contributed by atoms with Crippen LogP contribution in [0.25, 0.3) is 0 Å². The molecule has 2 aromatic rings. The summed E-state index contributed by atoms with van der Waals surface area (Å²) >= 11 is 0. The average molecular weight is 862 g/mol. The van der Waals surface area contributed by atoms with E-state index in [1.165, 1.54) is 13.1 Å². The molecule has 338 valence electrons. The van der Waals surface area contributed by atoms with Gasteiger partial charge in [-0.25, -0.2) is 9.59 Å². The molecule has 15 heteroatoms. The molecule has 4 N–H and O–H groups in total. The third kappa shape index (κ3) is 8.07. The summed E-state index contributed by atoms with van der Waals surface area (Å²) in [5, 5.41) is 31.9. The number of pyridine rings is 1.